The Bertz CT molecular complexity index is 618. The summed E-state index contributed by atoms with van der Waals surface area (Å²) in [6.07, 6.45) is 1.47. The van der Waals surface area contributed by atoms with Crippen LogP contribution >= 0.6 is 0 Å². The smallest absolute Gasteiger partial charge is 0.228 e. The van der Waals surface area contributed by atoms with Crippen LogP contribution in [0, 0.1) is 11.8 Å². The zero-order valence-corrected chi connectivity index (χ0v) is 15.3. The van der Waals surface area contributed by atoms with Gasteiger partial charge in [-0.25, -0.2) is 0 Å². The van der Waals surface area contributed by atoms with Gasteiger partial charge in [-0.1, -0.05) is 0 Å². The number of amides is 2. The molecule has 0 saturated heterocycles. The van der Waals surface area contributed by atoms with Gasteiger partial charge in [0.15, 0.2) is 0 Å². The molecule has 2 amide bonds. The van der Waals surface area contributed by atoms with E-state index in [-0.39, 0.29) is 23.7 Å². The third-order valence-corrected chi connectivity index (χ3v) is 4.21. The molecule has 2 unspecified atom stereocenters. The fourth-order valence-electron chi connectivity index (χ4n) is 2.65. The number of carbonyl (C=O) groups excluding carboxylic acids is 2. The van der Waals surface area contributed by atoms with Crippen molar-refractivity contribution >= 4 is 17.5 Å². The van der Waals surface area contributed by atoms with Crippen LogP contribution in [0.3, 0.4) is 0 Å². The van der Waals surface area contributed by atoms with E-state index in [1.807, 2.05) is 14.1 Å². The maximum atomic E-state index is 12.4. The molecule has 1 saturated carbocycles. The molecule has 0 aliphatic heterocycles. The number of hydrogen-bond donors (Lipinski definition) is 2. The molecule has 0 bridgehead atoms. The fraction of sp³-hybridized carbons (Fsp3) is 0.556. The van der Waals surface area contributed by atoms with Crippen LogP contribution in [0.5, 0.6) is 11.5 Å². The predicted molar refractivity (Wildman–Crippen MR) is 96.0 cm³/mol. The SMILES string of the molecule is COc1ccc(OC)c(NC(=O)C2CC2C(=O)NCCCN(C)C)c1. The molecule has 7 heteroatoms. The van der Waals surface area contributed by atoms with E-state index in [0.29, 0.717) is 30.2 Å². The standard InChI is InChI=1S/C18H27N3O4/c1-21(2)9-5-8-19-17(22)13-11-14(13)18(23)20-15-10-12(24-3)6-7-16(15)25-4/h6-7,10,13-14H,5,8-9,11H2,1-4H3,(H,19,22)(H,20,23). The lowest BCUT2D eigenvalue weighted by atomic mass is 10.2. The summed E-state index contributed by atoms with van der Waals surface area (Å²) in [4.78, 5) is 26.5. The molecule has 1 aromatic carbocycles. The Morgan fingerprint density at radius 3 is 2.52 bits per heavy atom. The summed E-state index contributed by atoms with van der Waals surface area (Å²) in [5, 5.41) is 5.73. The van der Waals surface area contributed by atoms with Crippen molar-refractivity contribution < 1.29 is 19.1 Å². The van der Waals surface area contributed by atoms with E-state index in [9.17, 15) is 9.59 Å². The summed E-state index contributed by atoms with van der Waals surface area (Å²) in [6.45, 7) is 1.55. The number of hydrogen-bond acceptors (Lipinski definition) is 5. The third kappa shape index (κ3) is 5.35. The molecule has 138 valence electrons. The van der Waals surface area contributed by atoms with Crippen LogP contribution in [0.15, 0.2) is 18.2 Å². The largest absolute Gasteiger partial charge is 0.497 e. The Morgan fingerprint density at radius 1 is 1.16 bits per heavy atom. The highest BCUT2D eigenvalue weighted by atomic mass is 16.5. The molecule has 0 spiro atoms. The van der Waals surface area contributed by atoms with Crippen molar-refractivity contribution in [3.8, 4) is 11.5 Å². The molecule has 2 N–H and O–H groups in total. The van der Waals surface area contributed by atoms with Gasteiger partial charge < -0.3 is 25.0 Å². The molecule has 0 radical (unpaired) electrons. The van der Waals surface area contributed by atoms with Gasteiger partial charge >= 0.3 is 0 Å². The molecule has 7 nitrogen and oxygen atoms in total. The number of ether oxygens (including phenoxy) is 2. The van der Waals surface area contributed by atoms with Crippen molar-refractivity contribution in [1.82, 2.24) is 10.2 Å². The van der Waals surface area contributed by atoms with E-state index in [0.717, 1.165) is 13.0 Å². The Hall–Kier alpha value is -2.28. The van der Waals surface area contributed by atoms with E-state index in [1.54, 1.807) is 32.4 Å². The Morgan fingerprint density at radius 2 is 1.88 bits per heavy atom. The number of nitrogens with zero attached hydrogens (tertiary/aromatic N) is 1. The summed E-state index contributed by atoms with van der Waals surface area (Å²) in [7, 11) is 7.09. The molecule has 1 aliphatic carbocycles. The average Bonchev–Trinajstić information content (AvgIpc) is 3.39. The second-order valence-corrected chi connectivity index (χ2v) is 6.45. The lowest BCUT2D eigenvalue weighted by Gasteiger charge is -2.12. The first-order valence-electron chi connectivity index (χ1n) is 8.41. The highest BCUT2D eigenvalue weighted by molar-refractivity contribution is 6.00. The van der Waals surface area contributed by atoms with Crippen LogP contribution in [-0.4, -0.2) is 58.1 Å². The summed E-state index contributed by atoms with van der Waals surface area (Å²) in [5.74, 6) is 0.443. The van der Waals surface area contributed by atoms with Crippen molar-refractivity contribution in [2.24, 2.45) is 11.8 Å². The molecule has 1 fully saturated rings. The topological polar surface area (TPSA) is 79.9 Å². The highest BCUT2D eigenvalue weighted by Crippen LogP contribution is 2.40. The molecular formula is C18H27N3O4. The van der Waals surface area contributed by atoms with Crippen molar-refractivity contribution in [1.29, 1.82) is 0 Å². The van der Waals surface area contributed by atoms with Crippen LogP contribution in [0.25, 0.3) is 0 Å². The quantitative estimate of drug-likeness (QED) is 0.658. The minimum atomic E-state index is -0.287. The van der Waals surface area contributed by atoms with E-state index < -0.39 is 0 Å². The summed E-state index contributed by atoms with van der Waals surface area (Å²) >= 11 is 0. The summed E-state index contributed by atoms with van der Waals surface area (Å²) < 4.78 is 10.4. The number of anilines is 1. The lowest BCUT2D eigenvalue weighted by molar-refractivity contribution is -0.125. The zero-order valence-electron chi connectivity index (χ0n) is 15.3. The van der Waals surface area contributed by atoms with Gasteiger partial charge in [-0.2, -0.15) is 0 Å². The number of rotatable bonds is 9. The highest BCUT2D eigenvalue weighted by Gasteiger charge is 2.48. The first-order valence-corrected chi connectivity index (χ1v) is 8.41. The van der Waals surface area contributed by atoms with Gasteiger partial charge in [-0.3, -0.25) is 9.59 Å². The Kier molecular flexibility index (Phi) is 6.64. The van der Waals surface area contributed by atoms with Gasteiger partial charge in [0.1, 0.15) is 11.5 Å². The van der Waals surface area contributed by atoms with Gasteiger partial charge in [0, 0.05) is 12.6 Å². The number of nitrogens with one attached hydrogen (secondary N) is 2. The van der Waals surface area contributed by atoms with Crippen molar-refractivity contribution in [3.63, 3.8) is 0 Å². The van der Waals surface area contributed by atoms with Crippen LogP contribution in [0.4, 0.5) is 5.69 Å². The minimum Gasteiger partial charge on any atom is -0.497 e. The number of carbonyl (C=O) groups is 2. The second-order valence-electron chi connectivity index (χ2n) is 6.45. The van der Waals surface area contributed by atoms with Crippen molar-refractivity contribution in [3.05, 3.63) is 18.2 Å². The van der Waals surface area contributed by atoms with E-state index in [2.05, 4.69) is 15.5 Å². The predicted octanol–water partition coefficient (Wildman–Crippen LogP) is 1.35. The first-order chi connectivity index (χ1) is 12.0. The van der Waals surface area contributed by atoms with Gasteiger partial charge in [0.25, 0.3) is 0 Å². The third-order valence-electron chi connectivity index (χ3n) is 4.21. The molecule has 0 aromatic heterocycles. The van der Waals surface area contributed by atoms with E-state index >= 15 is 0 Å². The normalized spacial score (nSPS) is 18.6. The van der Waals surface area contributed by atoms with Gasteiger partial charge in [0.2, 0.25) is 11.8 Å². The number of benzene rings is 1. The molecule has 0 heterocycles. The summed E-state index contributed by atoms with van der Waals surface area (Å²) in [6, 6.07) is 5.20. The van der Waals surface area contributed by atoms with Crippen LogP contribution in [0.2, 0.25) is 0 Å². The van der Waals surface area contributed by atoms with E-state index in [4.69, 9.17) is 9.47 Å². The maximum absolute atomic E-state index is 12.4. The zero-order chi connectivity index (χ0) is 18.4. The molecular weight excluding hydrogens is 322 g/mol. The van der Waals surface area contributed by atoms with Gasteiger partial charge in [-0.05, 0) is 45.6 Å². The molecule has 2 atom stereocenters. The monoisotopic (exact) mass is 349 g/mol. The van der Waals surface area contributed by atoms with Crippen molar-refractivity contribution in [2.75, 3.05) is 46.7 Å². The fourth-order valence-corrected chi connectivity index (χ4v) is 2.65. The van der Waals surface area contributed by atoms with Gasteiger partial charge in [0.05, 0.1) is 31.7 Å². The van der Waals surface area contributed by atoms with Crippen molar-refractivity contribution in [2.45, 2.75) is 12.8 Å². The Labute approximate surface area is 148 Å². The summed E-state index contributed by atoms with van der Waals surface area (Å²) in [5.41, 5.74) is 0.545. The lowest BCUT2D eigenvalue weighted by Crippen LogP contribution is -2.30. The molecule has 1 aromatic rings. The first kappa shape index (κ1) is 19.1. The van der Waals surface area contributed by atoms with Crippen LogP contribution < -0.4 is 20.1 Å². The van der Waals surface area contributed by atoms with Crippen LogP contribution in [-0.2, 0) is 9.59 Å². The maximum Gasteiger partial charge on any atom is 0.228 e. The van der Waals surface area contributed by atoms with E-state index in [1.165, 1.54) is 0 Å². The molecule has 25 heavy (non-hydrogen) atoms. The average molecular weight is 349 g/mol. The second kappa shape index (κ2) is 8.71. The molecule has 2 rings (SSSR count). The Balaban J connectivity index is 1.84. The number of methoxy groups -OCH3 is 2. The molecule has 1 aliphatic rings. The minimum absolute atomic E-state index is 0.0449. The van der Waals surface area contributed by atoms with Gasteiger partial charge in [-0.15, -0.1) is 0 Å². The van der Waals surface area contributed by atoms with Crippen LogP contribution in [0.1, 0.15) is 12.8 Å².